The van der Waals surface area contributed by atoms with Crippen LogP contribution in [0.3, 0.4) is 0 Å². The Bertz CT molecular complexity index is 4380. The molecule has 0 amide bonds. The molecule has 0 unspecified atom stereocenters. The molecule has 5 heteroatoms. The van der Waals surface area contributed by atoms with E-state index in [0.29, 0.717) is 0 Å². The van der Waals surface area contributed by atoms with E-state index >= 15 is 0 Å². The number of furan rings is 1. The molecule has 0 atom stereocenters. The summed E-state index contributed by atoms with van der Waals surface area (Å²) in [6, 6.07) is 79.5. The van der Waals surface area contributed by atoms with Crippen LogP contribution in [-0.2, 0) is 0 Å². The molecule has 5 aromatic heterocycles. The summed E-state index contributed by atoms with van der Waals surface area (Å²) in [6.45, 7) is 0. The van der Waals surface area contributed by atoms with E-state index in [4.69, 9.17) is 4.42 Å². The standard InChI is InChI=1S/C60H36N4O/c1-8-22-49-40(15-1)41-16-2-9-23-50(41)61(49)37-29-31-55-47(33-37)44-19-5-12-26-53(44)63(55)39-35-57(60-46-21-7-14-28-58(46)65-59(60)36-39)64-54-27-13-6-20-45(54)48-34-38(30-32-56(48)64)62-51-24-10-3-17-42(51)43-18-4-11-25-52(43)62/h1-36H. The molecule has 0 N–H and O–H groups in total. The Hall–Kier alpha value is -8.80. The van der Waals surface area contributed by atoms with E-state index in [1.165, 1.54) is 65.2 Å². The molecule has 10 aromatic carbocycles. The van der Waals surface area contributed by atoms with Gasteiger partial charge in [-0.05, 0) is 84.9 Å². The summed E-state index contributed by atoms with van der Waals surface area (Å²) in [5.41, 5.74) is 15.4. The summed E-state index contributed by atoms with van der Waals surface area (Å²) < 4.78 is 16.5. The van der Waals surface area contributed by atoms with Gasteiger partial charge in [0.05, 0.1) is 60.9 Å². The van der Waals surface area contributed by atoms with Crippen LogP contribution in [0.4, 0.5) is 0 Å². The van der Waals surface area contributed by atoms with Gasteiger partial charge in [-0.1, -0.05) is 127 Å². The average molecular weight is 829 g/mol. The van der Waals surface area contributed by atoms with Crippen LogP contribution in [0.15, 0.2) is 223 Å². The Kier molecular flexibility index (Phi) is 6.89. The summed E-state index contributed by atoms with van der Waals surface area (Å²) in [5, 5.41) is 12.0. The van der Waals surface area contributed by atoms with E-state index in [1.54, 1.807) is 0 Å². The molecule has 5 nitrogen and oxygen atoms in total. The van der Waals surface area contributed by atoms with Crippen LogP contribution in [0.1, 0.15) is 0 Å². The van der Waals surface area contributed by atoms with Gasteiger partial charge in [0.1, 0.15) is 11.2 Å². The first kappa shape index (κ1) is 34.7. The maximum Gasteiger partial charge on any atom is 0.139 e. The summed E-state index contributed by atoms with van der Waals surface area (Å²) >= 11 is 0. The quantitative estimate of drug-likeness (QED) is 0.174. The maximum atomic E-state index is 6.84. The number of hydrogen-bond donors (Lipinski definition) is 0. The lowest BCUT2D eigenvalue weighted by Crippen LogP contribution is -2.00. The Balaban J connectivity index is 1.00. The minimum Gasteiger partial charge on any atom is -0.456 e. The smallest absolute Gasteiger partial charge is 0.139 e. The number of rotatable bonds is 4. The first-order valence-electron chi connectivity index (χ1n) is 22.3. The Morgan fingerprint density at radius 1 is 0.231 bits per heavy atom. The normalized spacial score (nSPS) is 12.3. The molecule has 302 valence electrons. The van der Waals surface area contributed by atoms with Crippen molar-refractivity contribution >= 4 is 109 Å². The van der Waals surface area contributed by atoms with Crippen molar-refractivity contribution in [2.75, 3.05) is 0 Å². The Morgan fingerprint density at radius 2 is 0.569 bits per heavy atom. The first-order valence-corrected chi connectivity index (χ1v) is 22.3. The van der Waals surface area contributed by atoms with E-state index in [-0.39, 0.29) is 0 Å². The van der Waals surface area contributed by atoms with Gasteiger partial charge in [-0.25, -0.2) is 0 Å². The van der Waals surface area contributed by atoms with Crippen molar-refractivity contribution in [3.63, 3.8) is 0 Å². The molecule has 0 saturated carbocycles. The molecule has 0 aliphatic rings. The molecule has 0 saturated heterocycles. The molecule has 15 aromatic rings. The Morgan fingerprint density at radius 3 is 1.03 bits per heavy atom. The second-order valence-electron chi connectivity index (χ2n) is 17.3. The maximum absolute atomic E-state index is 6.84. The number of aromatic nitrogens is 4. The minimum absolute atomic E-state index is 0.847. The molecule has 5 heterocycles. The topological polar surface area (TPSA) is 32.9 Å². The molecular weight excluding hydrogens is 793 g/mol. The molecular formula is C60H36N4O. The van der Waals surface area contributed by atoms with Crippen molar-refractivity contribution < 1.29 is 4.42 Å². The van der Waals surface area contributed by atoms with E-state index in [9.17, 15) is 0 Å². The zero-order valence-corrected chi connectivity index (χ0v) is 35.0. The molecule has 0 fully saturated rings. The largest absolute Gasteiger partial charge is 0.456 e. The lowest BCUT2D eigenvalue weighted by molar-refractivity contribution is 0.668. The van der Waals surface area contributed by atoms with E-state index in [2.05, 4.69) is 237 Å². The zero-order valence-electron chi connectivity index (χ0n) is 35.0. The van der Waals surface area contributed by atoms with Gasteiger partial charge in [-0.15, -0.1) is 0 Å². The molecule has 0 spiro atoms. The summed E-state index contributed by atoms with van der Waals surface area (Å²) in [5.74, 6) is 0. The fraction of sp³-hybridized carbons (Fsp3) is 0. The van der Waals surface area contributed by atoms with Crippen LogP contribution in [0, 0.1) is 0 Å². The fourth-order valence-corrected chi connectivity index (χ4v) is 11.3. The van der Waals surface area contributed by atoms with Crippen molar-refractivity contribution in [3.8, 4) is 22.7 Å². The van der Waals surface area contributed by atoms with Crippen LogP contribution in [0.2, 0.25) is 0 Å². The predicted octanol–water partition coefficient (Wildman–Crippen LogP) is 16.0. The molecule has 0 aliphatic heterocycles. The second kappa shape index (κ2) is 12.9. The SMILES string of the molecule is c1ccc2c(c1)oc1cc(-n3c4ccccc4c4cc(-n5c6ccccc6c6ccccc65)ccc43)cc(-n3c4ccccc4c4cc(-n5c6ccccc6c6ccccc65)ccc43)c12. The molecule has 15 rings (SSSR count). The van der Waals surface area contributed by atoms with Crippen molar-refractivity contribution in [2.45, 2.75) is 0 Å². The number of para-hydroxylation sites is 7. The predicted molar refractivity (Wildman–Crippen MR) is 271 cm³/mol. The number of hydrogen-bond acceptors (Lipinski definition) is 1. The highest BCUT2D eigenvalue weighted by atomic mass is 16.3. The molecule has 0 bridgehead atoms. The first-order chi connectivity index (χ1) is 32.3. The summed E-state index contributed by atoms with van der Waals surface area (Å²) in [6.07, 6.45) is 0. The van der Waals surface area contributed by atoms with Crippen molar-refractivity contribution in [1.82, 2.24) is 18.3 Å². The fourth-order valence-electron chi connectivity index (χ4n) is 11.3. The highest BCUT2D eigenvalue weighted by molar-refractivity contribution is 6.17. The lowest BCUT2D eigenvalue weighted by atomic mass is 10.1. The minimum atomic E-state index is 0.847. The third kappa shape index (κ3) is 4.71. The van der Waals surface area contributed by atoms with Gasteiger partial charge < -0.3 is 22.7 Å². The van der Waals surface area contributed by atoms with Crippen molar-refractivity contribution in [1.29, 1.82) is 0 Å². The zero-order chi connectivity index (χ0) is 42.3. The van der Waals surface area contributed by atoms with Crippen LogP contribution in [-0.4, -0.2) is 18.3 Å². The molecule has 0 radical (unpaired) electrons. The van der Waals surface area contributed by atoms with Gasteiger partial charge in [0, 0.05) is 65.9 Å². The second-order valence-corrected chi connectivity index (χ2v) is 17.3. The Labute approximate surface area is 371 Å². The van der Waals surface area contributed by atoms with Crippen molar-refractivity contribution in [3.05, 3.63) is 218 Å². The van der Waals surface area contributed by atoms with Crippen LogP contribution < -0.4 is 0 Å². The van der Waals surface area contributed by atoms with Crippen molar-refractivity contribution in [2.24, 2.45) is 0 Å². The van der Waals surface area contributed by atoms with Crippen LogP contribution >= 0.6 is 0 Å². The van der Waals surface area contributed by atoms with Gasteiger partial charge in [-0.2, -0.15) is 0 Å². The van der Waals surface area contributed by atoms with Gasteiger partial charge in [0.15, 0.2) is 0 Å². The number of benzene rings is 10. The third-order valence-electron chi connectivity index (χ3n) is 13.9. The summed E-state index contributed by atoms with van der Waals surface area (Å²) in [4.78, 5) is 0. The van der Waals surface area contributed by atoms with Gasteiger partial charge in [0.25, 0.3) is 0 Å². The van der Waals surface area contributed by atoms with E-state index < -0.39 is 0 Å². The third-order valence-corrected chi connectivity index (χ3v) is 13.9. The van der Waals surface area contributed by atoms with E-state index in [0.717, 1.165) is 66.8 Å². The summed E-state index contributed by atoms with van der Waals surface area (Å²) in [7, 11) is 0. The molecule has 65 heavy (non-hydrogen) atoms. The van der Waals surface area contributed by atoms with Gasteiger partial charge in [0.2, 0.25) is 0 Å². The average Bonchev–Trinajstić information content (AvgIpc) is 4.16. The molecule has 0 aliphatic carbocycles. The van der Waals surface area contributed by atoms with Gasteiger partial charge >= 0.3 is 0 Å². The monoisotopic (exact) mass is 828 g/mol. The van der Waals surface area contributed by atoms with Crippen LogP contribution in [0.5, 0.6) is 0 Å². The van der Waals surface area contributed by atoms with E-state index in [1.807, 2.05) is 0 Å². The number of fused-ring (bicyclic) bond motifs is 15. The van der Waals surface area contributed by atoms with Crippen LogP contribution in [0.25, 0.3) is 132 Å². The number of nitrogens with zero attached hydrogens (tertiary/aromatic N) is 4. The highest BCUT2D eigenvalue weighted by Gasteiger charge is 2.23. The highest BCUT2D eigenvalue weighted by Crippen LogP contribution is 2.44. The lowest BCUT2D eigenvalue weighted by Gasteiger charge is -2.15. The van der Waals surface area contributed by atoms with Gasteiger partial charge in [-0.3, -0.25) is 0 Å².